The van der Waals surface area contributed by atoms with Crippen LogP contribution in [0.2, 0.25) is 0 Å². The number of likely N-dealkylation sites (N-methyl/N-ethyl adjacent to an activating group) is 1. The number of hydrogen-bond acceptors (Lipinski definition) is 8. The van der Waals surface area contributed by atoms with Gasteiger partial charge in [-0.3, -0.25) is 24.0 Å². The van der Waals surface area contributed by atoms with Crippen molar-refractivity contribution in [2.45, 2.75) is 63.7 Å². The number of carbonyl (C=O) groups is 4. The molecule has 3 aromatic carbocycles. The first-order chi connectivity index (χ1) is 30.8. The molecule has 3 amide bonds. The summed E-state index contributed by atoms with van der Waals surface area (Å²) in [4.78, 5) is 57.3. The van der Waals surface area contributed by atoms with E-state index in [1.807, 2.05) is 70.4 Å². The molecule has 2 aliphatic heterocycles. The highest BCUT2D eigenvalue weighted by Crippen LogP contribution is 2.33. The van der Waals surface area contributed by atoms with Crippen molar-refractivity contribution >= 4 is 46.3 Å². The first kappa shape index (κ1) is 47.3. The maximum absolute atomic E-state index is 14.7. The van der Waals surface area contributed by atoms with Crippen molar-refractivity contribution in [2.24, 2.45) is 0 Å². The second-order valence-electron chi connectivity index (χ2n) is 16.2. The SMILES string of the molecule is CNC(=O)C(CCC=O)Nc1ccc(CCN2CCN(c3ccc(-c4ccc(F)c5[nH]c(C(=O)N(C)CC(F)(F)F)cc45)cc3)CC2)cc1.O=C(CCn1cccn1)N1CCCCC1. The van der Waals surface area contributed by atoms with E-state index >= 15 is 0 Å². The number of aromatic amines is 1. The van der Waals surface area contributed by atoms with Crippen LogP contribution < -0.4 is 15.5 Å². The fourth-order valence-corrected chi connectivity index (χ4v) is 8.06. The van der Waals surface area contributed by atoms with Gasteiger partial charge < -0.3 is 35.1 Å². The number of piperazine rings is 1. The molecule has 0 aliphatic carbocycles. The summed E-state index contributed by atoms with van der Waals surface area (Å²) in [6, 6.07) is 21.6. The van der Waals surface area contributed by atoms with Gasteiger partial charge in [0.25, 0.3) is 5.91 Å². The van der Waals surface area contributed by atoms with Crippen LogP contribution in [-0.2, 0) is 27.3 Å². The predicted molar refractivity (Wildman–Crippen MR) is 240 cm³/mol. The van der Waals surface area contributed by atoms with Gasteiger partial charge in [0.15, 0.2) is 0 Å². The second-order valence-corrected chi connectivity index (χ2v) is 16.2. The number of carbonyl (C=O) groups excluding carboxylic acids is 4. The third-order valence-electron chi connectivity index (χ3n) is 11.6. The van der Waals surface area contributed by atoms with E-state index in [4.69, 9.17) is 0 Å². The third-order valence-corrected chi connectivity index (χ3v) is 11.6. The van der Waals surface area contributed by atoms with Gasteiger partial charge in [0.1, 0.15) is 30.4 Å². The molecule has 2 fully saturated rings. The van der Waals surface area contributed by atoms with Crippen molar-refractivity contribution in [1.29, 1.82) is 0 Å². The first-order valence-electron chi connectivity index (χ1n) is 21.8. The molecule has 7 rings (SSSR count). The molecule has 2 saturated heterocycles. The second kappa shape index (κ2) is 22.4. The number of likely N-dealkylation sites (tertiary alicyclic amines) is 1. The number of aromatic nitrogens is 3. The van der Waals surface area contributed by atoms with Gasteiger partial charge in [-0.1, -0.05) is 30.3 Å². The number of fused-ring (bicyclic) bond motifs is 1. The molecule has 4 heterocycles. The number of halogens is 4. The van der Waals surface area contributed by atoms with Gasteiger partial charge in [-0.25, -0.2) is 4.39 Å². The maximum Gasteiger partial charge on any atom is 0.406 e. The number of rotatable bonds is 16. The summed E-state index contributed by atoms with van der Waals surface area (Å²) in [5, 5.41) is 10.3. The molecular weight excluding hydrogens is 831 g/mol. The van der Waals surface area contributed by atoms with Crippen molar-refractivity contribution in [1.82, 2.24) is 34.8 Å². The van der Waals surface area contributed by atoms with Crippen molar-refractivity contribution in [3.8, 4) is 11.1 Å². The number of anilines is 2. The molecule has 1 unspecified atom stereocenters. The third kappa shape index (κ3) is 13.2. The molecule has 0 spiro atoms. The van der Waals surface area contributed by atoms with Crippen LogP contribution in [0.15, 0.2) is 85.2 Å². The smallest absolute Gasteiger partial charge is 0.374 e. The molecule has 1 atom stereocenters. The number of piperidine rings is 1. The van der Waals surface area contributed by atoms with Crippen LogP contribution in [0.1, 0.15) is 54.6 Å². The molecule has 5 aromatic rings. The number of alkyl halides is 3. The Morgan fingerprint density at radius 3 is 2.28 bits per heavy atom. The standard InChI is InChI=1S/C36H40F4N6O3.C11H17N3O/c1-41-34(48)31(4-3-21-47)42-26-9-5-24(6-10-26)15-16-45-17-19-46(20-18-45)27-11-7-25(8-12-27)28-13-14-30(37)33-29(28)22-32(43-33)35(49)44(2)23-36(38,39)40;15-11(13-7-2-1-3-8-13)5-10-14-9-4-6-12-14/h5-14,21-22,31,42-43H,3-4,15-20,23H2,1-2H3,(H,41,48);4,6,9H,1-3,5,7-8,10H2. The number of aldehydes is 1. The Morgan fingerprint density at radius 1 is 0.922 bits per heavy atom. The zero-order valence-corrected chi connectivity index (χ0v) is 36.4. The molecular formula is C47H57F4N9O4. The van der Waals surface area contributed by atoms with Crippen LogP contribution in [0.3, 0.4) is 0 Å². The van der Waals surface area contributed by atoms with Crippen molar-refractivity contribution < 1.29 is 36.7 Å². The number of H-pyrrole nitrogens is 1. The molecule has 17 heteroatoms. The molecule has 0 bridgehead atoms. The minimum Gasteiger partial charge on any atom is -0.374 e. The van der Waals surface area contributed by atoms with Gasteiger partial charge >= 0.3 is 6.18 Å². The predicted octanol–water partition coefficient (Wildman–Crippen LogP) is 6.76. The Kier molecular flexibility index (Phi) is 16.5. The van der Waals surface area contributed by atoms with Gasteiger partial charge in [0.2, 0.25) is 11.8 Å². The number of nitrogens with zero attached hydrogens (tertiary/aromatic N) is 6. The lowest BCUT2D eigenvalue weighted by Gasteiger charge is -2.36. The Bertz CT molecular complexity index is 2290. The summed E-state index contributed by atoms with van der Waals surface area (Å²) in [6.07, 6.45) is 5.67. The molecule has 342 valence electrons. The number of nitrogens with one attached hydrogen (secondary N) is 3. The van der Waals surface area contributed by atoms with Gasteiger partial charge in [0.05, 0.1) is 5.52 Å². The monoisotopic (exact) mass is 887 g/mol. The topological polar surface area (TPSA) is 139 Å². The van der Waals surface area contributed by atoms with Crippen molar-refractivity contribution in [3.63, 3.8) is 0 Å². The van der Waals surface area contributed by atoms with Crippen LogP contribution in [0.4, 0.5) is 28.9 Å². The fraction of sp³-hybridized carbons (Fsp3) is 0.426. The number of hydrogen-bond donors (Lipinski definition) is 3. The van der Waals surface area contributed by atoms with Crippen LogP contribution >= 0.6 is 0 Å². The number of benzene rings is 3. The number of aryl methyl sites for hydroxylation is 1. The summed E-state index contributed by atoms with van der Waals surface area (Å²) < 4.78 is 55.0. The zero-order chi connectivity index (χ0) is 45.6. The van der Waals surface area contributed by atoms with Crippen LogP contribution in [-0.4, -0.2) is 132 Å². The molecule has 64 heavy (non-hydrogen) atoms. The normalized spacial score (nSPS) is 15.0. The summed E-state index contributed by atoms with van der Waals surface area (Å²) in [5.74, 6) is -1.36. The molecule has 0 radical (unpaired) electrons. The lowest BCUT2D eigenvalue weighted by Crippen LogP contribution is -2.47. The lowest BCUT2D eigenvalue weighted by molar-refractivity contribution is -0.138. The van der Waals surface area contributed by atoms with E-state index in [0.29, 0.717) is 41.7 Å². The van der Waals surface area contributed by atoms with Crippen LogP contribution in [0.5, 0.6) is 0 Å². The Hall–Kier alpha value is -6.23. The van der Waals surface area contributed by atoms with Gasteiger partial charge in [-0.15, -0.1) is 0 Å². The fourth-order valence-electron chi connectivity index (χ4n) is 8.06. The van der Waals surface area contributed by atoms with Gasteiger partial charge in [-0.05, 0) is 91.3 Å². The molecule has 2 aliphatic rings. The average molecular weight is 888 g/mol. The summed E-state index contributed by atoms with van der Waals surface area (Å²) in [6.45, 7) is 5.57. The largest absolute Gasteiger partial charge is 0.406 e. The first-order valence-corrected chi connectivity index (χ1v) is 21.8. The summed E-state index contributed by atoms with van der Waals surface area (Å²) in [7, 11) is 2.63. The van der Waals surface area contributed by atoms with E-state index in [1.165, 1.54) is 24.1 Å². The summed E-state index contributed by atoms with van der Waals surface area (Å²) >= 11 is 0. The van der Waals surface area contributed by atoms with E-state index in [1.54, 1.807) is 19.3 Å². The average Bonchev–Trinajstić information content (AvgIpc) is 4.01. The number of amides is 3. The van der Waals surface area contributed by atoms with E-state index in [2.05, 4.69) is 30.5 Å². The Labute approximate surface area is 370 Å². The van der Waals surface area contributed by atoms with E-state index in [-0.39, 0.29) is 23.0 Å². The van der Waals surface area contributed by atoms with Crippen molar-refractivity contribution in [3.05, 3.63) is 102 Å². The maximum atomic E-state index is 14.7. The molecule has 3 N–H and O–H groups in total. The zero-order valence-electron chi connectivity index (χ0n) is 36.4. The molecule has 13 nitrogen and oxygen atoms in total. The highest BCUT2D eigenvalue weighted by Gasteiger charge is 2.32. The Balaban J connectivity index is 0.000000380. The highest BCUT2D eigenvalue weighted by atomic mass is 19.4. The van der Waals surface area contributed by atoms with Gasteiger partial charge in [-0.2, -0.15) is 18.3 Å². The molecule has 2 aromatic heterocycles. The summed E-state index contributed by atoms with van der Waals surface area (Å²) in [5.41, 5.74) is 4.47. The highest BCUT2D eigenvalue weighted by molar-refractivity contribution is 6.03. The van der Waals surface area contributed by atoms with Gasteiger partial charge in [0, 0.05) is 108 Å². The Morgan fingerprint density at radius 2 is 1.64 bits per heavy atom. The minimum atomic E-state index is -4.55. The van der Waals surface area contributed by atoms with E-state index < -0.39 is 30.5 Å². The van der Waals surface area contributed by atoms with E-state index in [9.17, 15) is 36.7 Å². The van der Waals surface area contributed by atoms with Crippen molar-refractivity contribution in [2.75, 3.05) is 76.7 Å². The minimum absolute atomic E-state index is 0.0646. The lowest BCUT2D eigenvalue weighted by atomic mass is 10.0. The van der Waals surface area contributed by atoms with E-state index in [0.717, 1.165) is 95.3 Å². The van der Waals surface area contributed by atoms with Crippen LogP contribution in [0, 0.1) is 5.82 Å². The van der Waals surface area contributed by atoms with Crippen LogP contribution in [0.25, 0.3) is 22.0 Å². The quantitative estimate of drug-likeness (QED) is 0.0730. The molecule has 0 saturated carbocycles.